The largest absolute Gasteiger partial charge is 0.489 e. The molecule has 146 valence electrons. The molecule has 0 radical (unpaired) electrons. The fraction of sp³-hybridized carbons (Fsp3) is 0.273. The van der Waals surface area contributed by atoms with Gasteiger partial charge in [0.15, 0.2) is 0 Å². The van der Waals surface area contributed by atoms with Gasteiger partial charge in [0.2, 0.25) is 0 Å². The van der Waals surface area contributed by atoms with Crippen molar-refractivity contribution in [1.29, 1.82) is 0 Å². The number of amides is 1. The number of carbonyl (C=O) groups excluding carboxylic acids is 1. The number of hydrogen-bond donors (Lipinski definition) is 1. The number of rotatable bonds is 8. The average Bonchev–Trinajstić information content (AvgIpc) is 3.02. The number of nitrogens with one attached hydrogen (secondary N) is 1. The zero-order valence-corrected chi connectivity index (χ0v) is 16.9. The Balaban J connectivity index is 1.47. The summed E-state index contributed by atoms with van der Waals surface area (Å²) in [6.07, 6.45) is 0.826. The second kappa shape index (κ2) is 9.42. The first-order valence-electron chi connectivity index (χ1n) is 9.28. The van der Waals surface area contributed by atoms with Crippen LogP contribution in [0.4, 0.5) is 0 Å². The molecule has 0 aliphatic heterocycles. The van der Waals surface area contributed by atoms with E-state index >= 15 is 0 Å². The van der Waals surface area contributed by atoms with E-state index < -0.39 is 0 Å². The summed E-state index contributed by atoms with van der Waals surface area (Å²) in [5.41, 5.74) is 3.71. The van der Waals surface area contributed by atoms with Crippen molar-refractivity contribution in [1.82, 2.24) is 15.1 Å². The van der Waals surface area contributed by atoms with E-state index in [1.807, 2.05) is 54.9 Å². The summed E-state index contributed by atoms with van der Waals surface area (Å²) in [4.78, 5) is 12.4. The molecular weight excluding hydrogens is 374 g/mol. The molecule has 0 aliphatic carbocycles. The number of nitrogens with zero attached hydrogens (tertiary/aromatic N) is 2. The van der Waals surface area contributed by atoms with E-state index in [0.717, 1.165) is 35.7 Å². The van der Waals surface area contributed by atoms with Crippen molar-refractivity contribution in [3.05, 3.63) is 82.1 Å². The Hall–Kier alpha value is -2.79. The number of aryl methyl sites for hydroxylation is 3. The van der Waals surface area contributed by atoms with Gasteiger partial charge in [0.05, 0.1) is 5.69 Å². The van der Waals surface area contributed by atoms with Crippen LogP contribution in [-0.4, -0.2) is 22.2 Å². The first-order valence-corrected chi connectivity index (χ1v) is 9.65. The molecule has 6 heteroatoms. The fourth-order valence-electron chi connectivity index (χ4n) is 2.93. The summed E-state index contributed by atoms with van der Waals surface area (Å²) in [5, 5.41) is 8.07. The molecule has 3 aromatic rings. The van der Waals surface area contributed by atoms with Crippen LogP contribution in [0.1, 0.15) is 33.7 Å². The second-order valence-electron chi connectivity index (χ2n) is 6.70. The minimum atomic E-state index is -0.0817. The van der Waals surface area contributed by atoms with Crippen LogP contribution < -0.4 is 10.1 Å². The standard InChI is InChI=1S/C22H24ClN3O2/c1-16-13-17(2)26(25-16)12-4-11-24-22(27)19-6-3-5-18(14-19)15-28-21-9-7-20(23)8-10-21/h3,5-10,13-14H,4,11-12,15H2,1-2H3,(H,24,27). The van der Waals surface area contributed by atoms with Crippen molar-refractivity contribution in [2.45, 2.75) is 33.4 Å². The summed E-state index contributed by atoms with van der Waals surface area (Å²) < 4.78 is 7.71. The predicted octanol–water partition coefficient (Wildman–Crippen LogP) is 4.55. The van der Waals surface area contributed by atoms with Crippen LogP contribution in [-0.2, 0) is 13.2 Å². The Labute approximate surface area is 170 Å². The maximum absolute atomic E-state index is 12.4. The molecule has 0 saturated carbocycles. The van der Waals surface area contributed by atoms with Gasteiger partial charge >= 0.3 is 0 Å². The van der Waals surface area contributed by atoms with Gasteiger partial charge in [0.25, 0.3) is 5.91 Å². The molecule has 3 rings (SSSR count). The second-order valence-corrected chi connectivity index (χ2v) is 7.14. The molecule has 0 aliphatic rings. The van der Waals surface area contributed by atoms with Gasteiger partial charge in [0, 0.05) is 29.4 Å². The Morgan fingerprint density at radius 2 is 1.93 bits per heavy atom. The smallest absolute Gasteiger partial charge is 0.251 e. The summed E-state index contributed by atoms with van der Waals surface area (Å²) >= 11 is 5.88. The van der Waals surface area contributed by atoms with E-state index in [-0.39, 0.29) is 5.91 Å². The van der Waals surface area contributed by atoms with Crippen LogP contribution in [0.3, 0.4) is 0 Å². The monoisotopic (exact) mass is 397 g/mol. The number of hydrogen-bond acceptors (Lipinski definition) is 3. The van der Waals surface area contributed by atoms with Gasteiger partial charge < -0.3 is 10.1 Å². The average molecular weight is 398 g/mol. The summed E-state index contributed by atoms with van der Waals surface area (Å²) in [5.74, 6) is 0.658. The lowest BCUT2D eigenvalue weighted by atomic mass is 10.1. The van der Waals surface area contributed by atoms with Crippen LogP contribution >= 0.6 is 11.6 Å². The lowest BCUT2D eigenvalue weighted by molar-refractivity contribution is 0.0952. The lowest BCUT2D eigenvalue weighted by Gasteiger charge is -2.09. The SMILES string of the molecule is Cc1cc(C)n(CCCNC(=O)c2cccc(COc3ccc(Cl)cc3)c2)n1. The van der Waals surface area contributed by atoms with Crippen LogP contribution in [0, 0.1) is 13.8 Å². The molecule has 28 heavy (non-hydrogen) atoms. The first-order chi connectivity index (χ1) is 13.5. The van der Waals surface area contributed by atoms with Crippen LogP contribution in [0.2, 0.25) is 5.02 Å². The highest BCUT2D eigenvalue weighted by molar-refractivity contribution is 6.30. The van der Waals surface area contributed by atoms with Crippen molar-refractivity contribution in [3.8, 4) is 5.75 Å². The lowest BCUT2D eigenvalue weighted by Crippen LogP contribution is -2.25. The van der Waals surface area contributed by atoms with E-state index in [1.165, 1.54) is 0 Å². The molecule has 2 aromatic carbocycles. The minimum Gasteiger partial charge on any atom is -0.489 e. The Kier molecular flexibility index (Phi) is 6.71. The maximum Gasteiger partial charge on any atom is 0.251 e. The minimum absolute atomic E-state index is 0.0817. The van der Waals surface area contributed by atoms with Gasteiger partial charge in [-0.2, -0.15) is 5.10 Å². The molecule has 0 fully saturated rings. The molecule has 1 N–H and O–H groups in total. The maximum atomic E-state index is 12.4. The zero-order chi connectivity index (χ0) is 19.9. The number of carbonyl (C=O) groups is 1. The van der Waals surface area contributed by atoms with E-state index in [4.69, 9.17) is 16.3 Å². The van der Waals surface area contributed by atoms with Gasteiger partial charge in [-0.05, 0) is 68.3 Å². The quantitative estimate of drug-likeness (QED) is 0.567. The van der Waals surface area contributed by atoms with E-state index in [1.54, 1.807) is 12.1 Å². The number of halogens is 1. The van der Waals surface area contributed by atoms with Gasteiger partial charge in [-0.25, -0.2) is 0 Å². The fourth-order valence-corrected chi connectivity index (χ4v) is 3.06. The molecule has 1 aromatic heterocycles. The van der Waals surface area contributed by atoms with Crippen molar-refractivity contribution < 1.29 is 9.53 Å². The highest BCUT2D eigenvalue weighted by atomic mass is 35.5. The van der Waals surface area contributed by atoms with Gasteiger partial charge in [-0.1, -0.05) is 23.7 Å². The summed E-state index contributed by atoms with van der Waals surface area (Å²) in [6.45, 7) is 5.80. The summed E-state index contributed by atoms with van der Waals surface area (Å²) in [6, 6.07) is 16.7. The van der Waals surface area contributed by atoms with Crippen LogP contribution in [0.5, 0.6) is 5.75 Å². The number of aromatic nitrogens is 2. The van der Waals surface area contributed by atoms with Crippen molar-refractivity contribution in [3.63, 3.8) is 0 Å². The third-order valence-corrected chi connectivity index (χ3v) is 4.60. The Morgan fingerprint density at radius 3 is 2.64 bits per heavy atom. The zero-order valence-electron chi connectivity index (χ0n) is 16.1. The van der Waals surface area contributed by atoms with Gasteiger partial charge in [0.1, 0.15) is 12.4 Å². The third-order valence-electron chi connectivity index (χ3n) is 4.34. The van der Waals surface area contributed by atoms with Gasteiger partial charge in [-0.3, -0.25) is 9.48 Å². The molecule has 1 heterocycles. The highest BCUT2D eigenvalue weighted by Crippen LogP contribution is 2.17. The van der Waals surface area contributed by atoms with Crippen molar-refractivity contribution in [2.75, 3.05) is 6.54 Å². The molecule has 0 unspecified atom stereocenters. The Bertz CT molecular complexity index is 935. The van der Waals surface area contributed by atoms with Crippen LogP contribution in [0.25, 0.3) is 0 Å². The van der Waals surface area contributed by atoms with Crippen molar-refractivity contribution >= 4 is 17.5 Å². The molecule has 1 amide bonds. The first kappa shape index (κ1) is 20.0. The van der Waals surface area contributed by atoms with E-state index in [2.05, 4.69) is 16.5 Å². The number of ether oxygens (including phenoxy) is 1. The number of benzene rings is 2. The van der Waals surface area contributed by atoms with Crippen molar-refractivity contribution in [2.24, 2.45) is 0 Å². The van der Waals surface area contributed by atoms with E-state index in [9.17, 15) is 4.79 Å². The normalized spacial score (nSPS) is 10.7. The van der Waals surface area contributed by atoms with Crippen LogP contribution in [0.15, 0.2) is 54.6 Å². The highest BCUT2D eigenvalue weighted by Gasteiger charge is 2.07. The molecule has 0 bridgehead atoms. The van der Waals surface area contributed by atoms with E-state index in [0.29, 0.717) is 23.7 Å². The Morgan fingerprint density at radius 1 is 1.14 bits per heavy atom. The molecular formula is C22H24ClN3O2. The molecule has 5 nitrogen and oxygen atoms in total. The molecule has 0 saturated heterocycles. The topological polar surface area (TPSA) is 56.2 Å². The molecule has 0 spiro atoms. The molecule has 0 atom stereocenters. The van der Waals surface area contributed by atoms with Gasteiger partial charge in [-0.15, -0.1) is 0 Å². The third kappa shape index (κ3) is 5.60. The summed E-state index contributed by atoms with van der Waals surface area (Å²) in [7, 11) is 0. The predicted molar refractivity (Wildman–Crippen MR) is 111 cm³/mol.